The molecule has 1 aliphatic rings. The number of anilines is 4. The van der Waals surface area contributed by atoms with E-state index in [1.165, 1.54) is 6.92 Å². The number of likely N-dealkylation sites (N-methyl/N-ethyl adjacent to an activating group) is 1. The third-order valence-corrected chi connectivity index (χ3v) is 6.95. The van der Waals surface area contributed by atoms with Crippen LogP contribution >= 0.6 is 0 Å². The Kier molecular flexibility index (Phi) is 8.91. The van der Waals surface area contributed by atoms with Crippen LogP contribution in [0.2, 0.25) is 0 Å². The van der Waals surface area contributed by atoms with Gasteiger partial charge in [-0.2, -0.15) is 0 Å². The molecule has 2 amide bonds. The second-order valence-corrected chi connectivity index (χ2v) is 9.41. The van der Waals surface area contributed by atoms with Crippen molar-refractivity contribution in [2.45, 2.75) is 33.7 Å². The van der Waals surface area contributed by atoms with Gasteiger partial charge < -0.3 is 20.4 Å². The van der Waals surface area contributed by atoms with Crippen LogP contribution in [-0.4, -0.2) is 76.9 Å². The highest BCUT2D eigenvalue weighted by atomic mass is 16.2. The van der Waals surface area contributed by atoms with E-state index in [9.17, 15) is 9.59 Å². The normalized spacial score (nSPS) is 14.3. The minimum atomic E-state index is -0.102. The zero-order valence-corrected chi connectivity index (χ0v) is 22.6. The van der Waals surface area contributed by atoms with E-state index in [1.807, 2.05) is 54.3 Å². The van der Waals surface area contributed by atoms with Gasteiger partial charge >= 0.3 is 0 Å². The molecule has 1 fully saturated rings. The van der Waals surface area contributed by atoms with E-state index in [-0.39, 0.29) is 17.9 Å². The average Bonchev–Trinajstić information content (AvgIpc) is 2.94. The molecule has 0 bridgehead atoms. The molecule has 0 spiro atoms. The van der Waals surface area contributed by atoms with Crippen molar-refractivity contribution in [3.8, 4) is 11.3 Å². The Morgan fingerprint density at radius 3 is 2.16 bits per heavy atom. The molecule has 4 rings (SSSR count). The smallest absolute Gasteiger partial charge is 0.239 e. The topological polar surface area (TPSA) is 93.7 Å². The van der Waals surface area contributed by atoms with E-state index >= 15 is 0 Å². The summed E-state index contributed by atoms with van der Waals surface area (Å²) in [6, 6.07) is 17.5. The molecule has 1 atom stereocenters. The number of nitrogens with one attached hydrogen (secondary N) is 2. The summed E-state index contributed by atoms with van der Waals surface area (Å²) in [6.07, 6.45) is 1.72. The summed E-state index contributed by atoms with van der Waals surface area (Å²) in [5, 5.41) is 6.05. The second-order valence-electron chi connectivity index (χ2n) is 9.41. The maximum atomic E-state index is 12.9. The maximum absolute atomic E-state index is 12.9. The van der Waals surface area contributed by atoms with Gasteiger partial charge in [0.25, 0.3) is 0 Å². The van der Waals surface area contributed by atoms with Crippen LogP contribution < -0.4 is 15.5 Å². The van der Waals surface area contributed by atoms with Crippen LogP contribution in [0.5, 0.6) is 0 Å². The number of carbonyl (C=O) groups excluding carboxylic acids is 2. The molecule has 38 heavy (non-hydrogen) atoms. The van der Waals surface area contributed by atoms with E-state index in [2.05, 4.69) is 56.4 Å². The predicted molar refractivity (Wildman–Crippen MR) is 153 cm³/mol. The van der Waals surface area contributed by atoms with E-state index in [0.29, 0.717) is 5.95 Å². The highest BCUT2D eigenvalue weighted by Crippen LogP contribution is 2.24. The molecular formula is C29H37N7O2. The van der Waals surface area contributed by atoms with Gasteiger partial charge in [-0.15, -0.1) is 0 Å². The van der Waals surface area contributed by atoms with E-state index in [1.54, 1.807) is 6.20 Å². The minimum Gasteiger partial charge on any atom is -0.368 e. The number of hydrogen-bond acceptors (Lipinski definition) is 7. The molecular weight excluding hydrogens is 478 g/mol. The lowest BCUT2D eigenvalue weighted by molar-refractivity contribution is -0.136. The average molecular weight is 516 g/mol. The number of piperazine rings is 1. The fourth-order valence-electron chi connectivity index (χ4n) is 4.77. The van der Waals surface area contributed by atoms with Gasteiger partial charge in [-0.3, -0.25) is 14.5 Å². The van der Waals surface area contributed by atoms with Crippen molar-refractivity contribution < 1.29 is 9.59 Å². The van der Waals surface area contributed by atoms with Crippen molar-refractivity contribution >= 4 is 34.8 Å². The first-order chi connectivity index (χ1) is 18.4. The van der Waals surface area contributed by atoms with Crippen LogP contribution in [0.4, 0.5) is 23.0 Å². The predicted octanol–water partition coefficient (Wildman–Crippen LogP) is 4.22. The third kappa shape index (κ3) is 6.66. The summed E-state index contributed by atoms with van der Waals surface area (Å²) >= 11 is 0. The van der Waals surface area contributed by atoms with E-state index < -0.39 is 0 Å². The highest BCUT2D eigenvalue weighted by molar-refractivity contribution is 5.89. The molecule has 9 heteroatoms. The Labute approximate surface area is 224 Å². The lowest BCUT2D eigenvalue weighted by Crippen LogP contribution is -2.54. The first-order valence-corrected chi connectivity index (χ1v) is 13.2. The highest BCUT2D eigenvalue weighted by Gasteiger charge is 2.27. The third-order valence-electron chi connectivity index (χ3n) is 6.95. The number of aromatic nitrogens is 2. The van der Waals surface area contributed by atoms with E-state index in [0.717, 1.165) is 67.6 Å². The van der Waals surface area contributed by atoms with Crippen LogP contribution in [0.3, 0.4) is 0 Å². The van der Waals surface area contributed by atoms with Crippen molar-refractivity contribution in [2.75, 3.05) is 54.8 Å². The molecule has 200 valence electrons. The lowest BCUT2D eigenvalue weighted by Gasteiger charge is -2.38. The minimum absolute atomic E-state index is 0.0780. The fraction of sp³-hybridized carbons (Fsp3) is 0.379. The molecule has 0 radical (unpaired) electrons. The Morgan fingerprint density at radius 1 is 0.921 bits per heavy atom. The zero-order valence-electron chi connectivity index (χ0n) is 22.6. The number of amides is 2. The molecule has 3 aromatic rings. The van der Waals surface area contributed by atoms with E-state index in [4.69, 9.17) is 0 Å². The summed E-state index contributed by atoms with van der Waals surface area (Å²) in [4.78, 5) is 39.7. The van der Waals surface area contributed by atoms with Gasteiger partial charge in [0.15, 0.2) is 0 Å². The monoisotopic (exact) mass is 515 g/mol. The van der Waals surface area contributed by atoms with Gasteiger partial charge in [0.2, 0.25) is 17.8 Å². The molecule has 9 nitrogen and oxygen atoms in total. The molecule has 0 aliphatic carbocycles. The number of rotatable bonds is 9. The Morgan fingerprint density at radius 2 is 1.55 bits per heavy atom. The van der Waals surface area contributed by atoms with Crippen LogP contribution in [0.25, 0.3) is 11.3 Å². The standard InChI is InChI=1S/C29H37N7O2/c1-5-34(6-2)21(3)28(38)36-19-17-35(18-20-36)26-13-11-25(12-14-26)32-29-30-16-15-27(33-29)23-7-9-24(10-8-23)31-22(4)37/h7-16,21H,5-6,17-20H2,1-4H3,(H,31,37)(H,30,32,33). The van der Waals surface area contributed by atoms with Gasteiger partial charge in [-0.25, -0.2) is 9.97 Å². The van der Waals surface area contributed by atoms with Crippen molar-refractivity contribution in [3.05, 3.63) is 60.8 Å². The molecule has 2 aromatic carbocycles. The molecule has 2 N–H and O–H groups in total. The Hall–Kier alpha value is -3.98. The number of hydrogen-bond donors (Lipinski definition) is 2. The van der Waals surface area contributed by atoms with Crippen molar-refractivity contribution in [2.24, 2.45) is 0 Å². The van der Waals surface area contributed by atoms with Crippen LogP contribution in [0, 0.1) is 0 Å². The summed E-state index contributed by atoms with van der Waals surface area (Å²) in [5.41, 5.74) is 4.50. The Balaban J connectivity index is 1.34. The summed E-state index contributed by atoms with van der Waals surface area (Å²) in [6.45, 7) is 12.6. The lowest BCUT2D eigenvalue weighted by atomic mass is 10.1. The zero-order chi connectivity index (χ0) is 27.1. The van der Waals surface area contributed by atoms with Gasteiger partial charge in [-0.1, -0.05) is 26.0 Å². The maximum Gasteiger partial charge on any atom is 0.239 e. The first-order valence-electron chi connectivity index (χ1n) is 13.2. The fourth-order valence-corrected chi connectivity index (χ4v) is 4.77. The summed E-state index contributed by atoms with van der Waals surface area (Å²) < 4.78 is 0. The second kappa shape index (κ2) is 12.5. The molecule has 1 aromatic heterocycles. The molecule has 1 saturated heterocycles. The van der Waals surface area contributed by atoms with Crippen LogP contribution in [0.15, 0.2) is 60.8 Å². The number of nitrogens with zero attached hydrogens (tertiary/aromatic N) is 5. The molecule has 1 unspecified atom stereocenters. The summed E-state index contributed by atoms with van der Waals surface area (Å²) in [7, 11) is 0. The number of benzene rings is 2. The SMILES string of the molecule is CCN(CC)C(C)C(=O)N1CCN(c2ccc(Nc3nccc(-c4ccc(NC(C)=O)cc4)n3)cc2)CC1. The van der Waals surface area contributed by atoms with Gasteiger partial charge in [0.05, 0.1) is 11.7 Å². The largest absolute Gasteiger partial charge is 0.368 e. The number of carbonyl (C=O) groups is 2. The van der Waals surface area contributed by atoms with Crippen LogP contribution in [0.1, 0.15) is 27.7 Å². The van der Waals surface area contributed by atoms with Crippen molar-refractivity contribution in [1.82, 2.24) is 19.8 Å². The van der Waals surface area contributed by atoms with Crippen LogP contribution in [-0.2, 0) is 9.59 Å². The van der Waals surface area contributed by atoms with Gasteiger partial charge in [0, 0.05) is 61.9 Å². The molecule has 0 saturated carbocycles. The molecule has 2 heterocycles. The van der Waals surface area contributed by atoms with Gasteiger partial charge in [0.1, 0.15) is 0 Å². The van der Waals surface area contributed by atoms with Crippen molar-refractivity contribution in [3.63, 3.8) is 0 Å². The van der Waals surface area contributed by atoms with Gasteiger partial charge in [-0.05, 0) is 62.5 Å². The first kappa shape index (κ1) is 27.1. The quantitative estimate of drug-likeness (QED) is 0.441. The summed E-state index contributed by atoms with van der Waals surface area (Å²) in [5.74, 6) is 0.629. The Bertz CT molecular complexity index is 1220. The molecule has 1 aliphatic heterocycles. The van der Waals surface area contributed by atoms with Crippen molar-refractivity contribution in [1.29, 1.82) is 0 Å².